The summed E-state index contributed by atoms with van der Waals surface area (Å²) in [7, 11) is 0. The summed E-state index contributed by atoms with van der Waals surface area (Å²) in [4.78, 5) is 4.24. The molecule has 4 heterocycles. The van der Waals surface area contributed by atoms with Gasteiger partial charge in [0.1, 0.15) is 11.5 Å². The molecule has 0 aliphatic carbocycles. The van der Waals surface area contributed by atoms with Gasteiger partial charge in [-0.25, -0.2) is 13.8 Å². The summed E-state index contributed by atoms with van der Waals surface area (Å²) in [6, 6.07) is 5.54. The lowest BCUT2D eigenvalue weighted by molar-refractivity contribution is 0.347. The molecule has 0 bridgehead atoms. The van der Waals surface area contributed by atoms with Gasteiger partial charge in [0.25, 0.3) is 0 Å². The topological polar surface area (TPSA) is 119 Å². The first-order valence-electron chi connectivity index (χ1n) is 9.94. The number of rotatable bonds is 4. The van der Waals surface area contributed by atoms with Crippen LogP contribution in [0.1, 0.15) is 18.4 Å². The number of nitrogens with zero attached hydrogens (tertiary/aromatic N) is 7. The quantitative estimate of drug-likeness (QED) is 0.666. The fourth-order valence-electron chi connectivity index (χ4n) is 3.90. The zero-order valence-corrected chi connectivity index (χ0v) is 16.4. The lowest BCUT2D eigenvalue weighted by atomic mass is 9.90. The Labute approximate surface area is 176 Å². The van der Waals surface area contributed by atoms with Crippen molar-refractivity contribution in [2.24, 2.45) is 16.1 Å². The SMILES string of the molecule is Nc1ncc(C2=CC(C3CCNCC3)N=N2)cc1-c1nnnn1-c1cccc(F)c1F. The normalized spacial score (nSPS) is 19.0. The minimum Gasteiger partial charge on any atom is -0.383 e. The summed E-state index contributed by atoms with van der Waals surface area (Å²) in [5.41, 5.74) is 7.70. The third kappa shape index (κ3) is 3.56. The van der Waals surface area contributed by atoms with E-state index in [4.69, 9.17) is 5.73 Å². The van der Waals surface area contributed by atoms with Crippen LogP contribution in [0.15, 0.2) is 46.8 Å². The van der Waals surface area contributed by atoms with Gasteiger partial charge >= 0.3 is 0 Å². The van der Waals surface area contributed by atoms with E-state index in [2.05, 4.69) is 36.1 Å². The smallest absolute Gasteiger partial charge is 0.190 e. The lowest BCUT2D eigenvalue weighted by Gasteiger charge is -2.24. The summed E-state index contributed by atoms with van der Waals surface area (Å²) in [5.74, 6) is -1.31. The van der Waals surface area contributed by atoms with Crippen LogP contribution in [0, 0.1) is 17.6 Å². The lowest BCUT2D eigenvalue weighted by Crippen LogP contribution is -2.32. The van der Waals surface area contributed by atoms with Gasteiger partial charge in [-0.2, -0.15) is 14.9 Å². The number of aromatic nitrogens is 5. The molecule has 2 aliphatic heterocycles. The maximum absolute atomic E-state index is 14.3. The summed E-state index contributed by atoms with van der Waals surface area (Å²) in [6.45, 7) is 1.96. The van der Waals surface area contributed by atoms with Crippen molar-refractivity contribution >= 4 is 11.5 Å². The monoisotopic (exact) mass is 423 g/mol. The second-order valence-corrected chi connectivity index (χ2v) is 7.49. The molecule has 1 saturated heterocycles. The van der Waals surface area contributed by atoms with Gasteiger partial charge in [0.05, 0.1) is 17.3 Å². The molecule has 1 atom stereocenters. The van der Waals surface area contributed by atoms with E-state index < -0.39 is 11.6 Å². The Morgan fingerprint density at radius 3 is 2.84 bits per heavy atom. The first-order valence-corrected chi connectivity index (χ1v) is 9.94. The number of tetrazole rings is 1. The number of nitrogens with one attached hydrogen (secondary N) is 1. The van der Waals surface area contributed by atoms with Gasteiger partial charge in [-0.3, -0.25) is 0 Å². The number of pyridine rings is 1. The standard InChI is InChI=1S/C20H19F2N9/c21-14-2-1-3-17(18(14)22)31-20(28-29-30-31)13-8-12(10-25-19(13)23)16-9-15(26-27-16)11-4-6-24-7-5-11/h1-3,8-11,15,24H,4-7H2,(H2,23,25). The van der Waals surface area contributed by atoms with E-state index in [9.17, 15) is 8.78 Å². The van der Waals surface area contributed by atoms with Crippen molar-refractivity contribution in [2.45, 2.75) is 18.9 Å². The minimum absolute atomic E-state index is 0.0322. The van der Waals surface area contributed by atoms with Crippen molar-refractivity contribution in [3.05, 3.63) is 53.7 Å². The summed E-state index contributed by atoms with van der Waals surface area (Å²) in [5, 5.41) is 23.5. The highest BCUT2D eigenvalue weighted by molar-refractivity contribution is 5.76. The molecule has 5 rings (SSSR count). The molecule has 1 unspecified atom stereocenters. The molecule has 0 spiro atoms. The first-order chi connectivity index (χ1) is 15.1. The number of piperidine rings is 1. The number of nitrogens with two attached hydrogens (primary N) is 1. The third-order valence-corrected chi connectivity index (χ3v) is 5.58. The Bertz CT molecular complexity index is 1180. The maximum Gasteiger partial charge on any atom is 0.190 e. The van der Waals surface area contributed by atoms with Crippen LogP contribution in [-0.4, -0.2) is 44.3 Å². The zero-order valence-electron chi connectivity index (χ0n) is 16.4. The predicted octanol–water partition coefficient (Wildman–Crippen LogP) is 2.76. The van der Waals surface area contributed by atoms with Crippen molar-refractivity contribution in [3.8, 4) is 17.1 Å². The van der Waals surface area contributed by atoms with Gasteiger partial charge in [-0.15, -0.1) is 5.10 Å². The average Bonchev–Trinajstić information content (AvgIpc) is 3.47. The van der Waals surface area contributed by atoms with E-state index in [1.54, 1.807) is 12.3 Å². The van der Waals surface area contributed by atoms with Gasteiger partial charge in [0.15, 0.2) is 17.5 Å². The van der Waals surface area contributed by atoms with Crippen LogP contribution in [-0.2, 0) is 0 Å². The largest absolute Gasteiger partial charge is 0.383 e. The first kappa shape index (κ1) is 19.4. The fourth-order valence-corrected chi connectivity index (χ4v) is 3.90. The van der Waals surface area contributed by atoms with E-state index in [-0.39, 0.29) is 23.4 Å². The molecule has 31 heavy (non-hydrogen) atoms. The molecule has 9 nitrogen and oxygen atoms in total. The highest BCUT2D eigenvalue weighted by Gasteiger charge is 2.26. The molecular formula is C20H19F2N9. The summed E-state index contributed by atoms with van der Waals surface area (Å²) in [6.07, 6.45) is 5.73. The Hall–Kier alpha value is -3.60. The molecule has 1 fully saturated rings. The second kappa shape index (κ2) is 7.91. The van der Waals surface area contributed by atoms with E-state index >= 15 is 0 Å². The van der Waals surface area contributed by atoms with Gasteiger partial charge < -0.3 is 11.1 Å². The Morgan fingerprint density at radius 2 is 2.00 bits per heavy atom. The van der Waals surface area contributed by atoms with Crippen LogP contribution in [0.5, 0.6) is 0 Å². The van der Waals surface area contributed by atoms with Gasteiger partial charge in [-0.1, -0.05) is 6.07 Å². The molecule has 2 aliphatic rings. The Morgan fingerprint density at radius 1 is 1.16 bits per heavy atom. The maximum atomic E-state index is 14.3. The molecule has 3 N–H and O–H groups in total. The van der Waals surface area contributed by atoms with Crippen molar-refractivity contribution < 1.29 is 8.78 Å². The molecule has 1 aromatic carbocycles. The molecule has 0 saturated carbocycles. The van der Waals surface area contributed by atoms with E-state index in [1.807, 2.05) is 6.08 Å². The molecule has 0 amide bonds. The van der Waals surface area contributed by atoms with Crippen molar-refractivity contribution in [2.75, 3.05) is 18.8 Å². The third-order valence-electron chi connectivity index (χ3n) is 5.58. The van der Waals surface area contributed by atoms with Gasteiger partial charge in [0.2, 0.25) is 0 Å². The fraction of sp³-hybridized carbons (Fsp3) is 0.300. The molecule has 158 valence electrons. The van der Waals surface area contributed by atoms with Gasteiger partial charge in [0, 0.05) is 11.8 Å². The van der Waals surface area contributed by atoms with Gasteiger partial charge in [-0.05, 0) is 66.6 Å². The van der Waals surface area contributed by atoms with E-state index in [1.165, 1.54) is 12.1 Å². The number of nitrogen functional groups attached to an aromatic ring is 1. The number of halogens is 2. The predicted molar refractivity (Wildman–Crippen MR) is 109 cm³/mol. The number of hydrogen-bond acceptors (Lipinski definition) is 8. The summed E-state index contributed by atoms with van der Waals surface area (Å²) < 4.78 is 29.1. The van der Waals surface area contributed by atoms with Crippen LogP contribution >= 0.6 is 0 Å². The molecule has 3 aromatic rings. The average molecular weight is 423 g/mol. The number of anilines is 1. The van der Waals surface area contributed by atoms with Crippen LogP contribution in [0.25, 0.3) is 22.8 Å². The molecule has 11 heteroatoms. The van der Waals surface area contributed by atoms with Crippen LogP contribution in [0.4, 0.5) is 14.6 Å². The number of azo groups is 1. The van der Waals surface area contributed by atoms with E-state index in [0.29, 0.717) is 22.7 Å². The van der Waals surface area contributed by atoms with Crippen LogP contribution in [0.2, 0.25) is 0 Å². The minimum atomic E-state index is -1.06. The zero-order chi connectivity index (χ0) is 21.4. The van der Waals surface area contributed by atoms with Crippen LogP contribution < -0.4 is 11.1 Å². The molecule has 2 aromatic heterocycles. The number of benzene rings is 1. The highest BCUT2D eigenvalue weighted by Crippen LogP contribution is 2.33. The van der Waals surface area contributed by atoms with Crippen molar-refractivity contribution in [1.29, 1.82) is 0 Å². The Kier molecular flexibility index (Phi) is 4.94. The van der Waals surface area contributed by atoms with Crippen LogP contribution in [0.3, 0.4) is 0 Å². The van der Waals surface area contributed by atoms with Crippen molar-refractivity contribution in [3.63, 3.8) is 0 Å². The Balaban J connectivity index is 1.51. The summed E-state index contributed by atoms with van der Waals surface area (Å²) >= 11 is 0. The number of hydrogen-bond donors (Lipinski definition) is 2. The molecule has 0 radical (unpaired) electrons. The second-order valence-electron chi connectivity index (χ2n) is 7.49. The highest BCUT2D eigenvalue weighted by atomic mass is 19.2. The van der Waals surface area contributed by atoms with Crippen molar-refractivity contribution in [1.82, 2.24) is 30.5 Å². The van der Waals surface area contributed by atoms with E-state index in [0.717, 1.165) is 36.7 Å². The molecular weight excluding hydrogens is 404 g/mol.